The summed E-state index contributed by atoms with van der Waals surface area (Å²) in [4.78, 5) is 18.2. The molecule has 0 saturated carbocycles. The number of nitrogens with zero attached hydrogens (tertiary/aromatic N) is 3. The second kappa shape index (κ2) is 9.80. The van der Waals surface area contributed by atoms with Crippen molar-refractivity contribution in [3.8, 4) is 0 Å². The first kappa shape index (κ1) is 22.8. The van der Waals surface area contributed by atoms with E-state index in [1.807, 2.05) is 18.7 Å². The molecule has 1 aromatic heterocycles. The van der Waals surface area contributed by atoms with E-state index in [1.165, 1.54) is 16.4 Å². The van der Waals surface area contributed by atoms with Gasteiger partial charge in [-0.3, -0.25) is 4.79 Å². The standard InChI is InChI=1S/C20H27FN4O3S/c1-5-24(6-2)18-11-10-16(29(27,28)25(7-3)8-4)13-17(18)23-20(26)15-9-12-19(21)22-14-15/h9-14H,5-8H2,1-4H3,(H,23,26). The van der Waals surface area contributed by atoms with Crippen LogP contribution in [-0.4, -0.2) is 49.8 Å². The third kappa shape index (κ3) is 5.10. The Morgan fingerprint density at radius 1 is 1.03 bits per heavy atom. The van der Waals surface area contributed by atoms with Crippen LogP contribution in [0.3, 0.4) is 0 Å². The highest BCUT2D eigenvalue weighted by Gasteiger charge is 2.24. The van der Waals surface area contributed by atoms with Gasteiger partial charge < -0.3 is 10.2 Å². The van der Waals surface area contributed by atoms with Crippen LogP contribution in [0.5, 0.6) is 0 Å². The average Bonchev–Trinajstić information content (AvgIpc) is 2.71. The van der Waals surface area contributed by atoms with Crippen LogP contribution in [0.25, 0.3) is 0 Å². The molecule has 1 N–H and O–H groups in total. The number of carbonyl (C=O) groups is 1. The van der Waals surface area contributed by atoms with E-state index in [0.29, 0.717) is 37.6 Å². The molecule has 0 unspecified atom stereocenters. The van der Waals surface area contributed by atoms with Crippen LogP contribution in [-0.2, 0) is 10.0 Å². The molecular weight excluding hydrogens is 395 g/mol. The van der Waals surface area contributed by atoms with Crippen molar-refractivity contribution < 1.29 is 17.6 Å². The number of anilines is 2. The monoisotopic (exact) mass is 422 g/mol. The number of pyridine rings is 1. The molecule has 29 heavy (non-hydrogen) atoms. The fourth-order valence-electron chi connectivity index (χ4n) is 3.03. The van der Waals surface area contributed by atoms with E-state index in [-0.39, 0.29) is 10.5 Å². The zero-order valence-electron chi connectivity index (χ0n) is 17.1. The maximum absolute atomic E-state index is 13.0. The molecule has 0 aliphatic heterocycles. The van der Waals surface area contributed by atoms with Gasteiger partial charge in [-0.25, -0.2) is 13.4 Å². The zero-order valence-corrected chi connectivity index (χ0v) is 18.0. The lowest BCUT2D eigenvalue weighted by atomic mass is 10.2. The third-order valence-electron chi connectivity index (χ3n) is 4.65. The van der Waals surface area contributed by atoms with Crippen molar-refractivity contribution in [2.75, 3.05) is 36.4 Å². The summed E-state index contributed by atoms with van der Waals surface area (Å²) in [5.41, 5.74) is 1.25. The van der Waals surface area contributed by atoms with Gasteiger partial charge in [0, 0.05) is 32.4 Å². The summed E-state index contributed by atoms with van der Waals surface area (Å²) in [6, 6.07) is 7.14. The van der Waals surface area contributed by atoms with Crippen molar-refractivity contribution in [3.05, 3.63) is 48.0 Å². The molecule has 1 heterocycles. The van der Waals surface area contributed by atoms with Crippen LogP contribution in [0.4, 0.5) is 15.8 Å². The fraction of sp³-hybridized carbons (Fsp3) is 0.400. The normalized spacial score (nSPS) is 11.5. The molecule has 0 bridgehead atoms. The van der Waals surface area contributed by atoms with E-state index in [2.05, 4.69) is 10.3 Å². The Kier molecular flexibility index (Phi) is 7.69. The maximum Gasteiger partial charge on any atom is 0.257 e. The molecule has 0 atom stereocenters. The number of aromatic nitrogens is 1. The molecular formula is C20H27FN4O3S. The summed E-state index contributed by atoms with van der Waals surface area (Å²) in [5.74, 6) is -1.18. The van der Waals surface area contributed by atoms with Crippen molar-refractivity contribution >= 4 is 27.3 Å². The average molecular weight is 423 g/mol. The summed E-state index contributed by atoms with van der Waals surface area (Å²) in [5, 5.41) is 2.76. The highest BCUT2D eigenvalue weighted by atomic mass is 32.2. The zero-order chi connectivity index (χ0) is 21.6. The van der Waals surface area contributed by atoms with Crippen LogP contribution in [0, 0.1) is 5.95 Å². The molecule has 9 heteroatoms. The maximum atomic E-state index is 13.0. The minimum absolute atomic E-state index is 0.102. The molecule has 1 amide bonds. The first-order valence-electron chi connectivity index (χ1n) is 9.60. The van der Waals surface area contributed by atoms with Crippen LogP contribution < -0.4 is 10.2 Å². The van der Waals surface area contributed by atoms with Gasteiger partial charge in [0.05, 0.1) is 21.8 Å². The van der Waals surface area contributed by atoms with Crippen molar-refractivity contribution in [1.29, 1.82) is 0 Å². The minimum atomic E-state index is -3.68. The Bertz CT molecular complexity index is 941. The minimum Gasteiger partial charge on any atom is -0.370 e. The second-order valence-corrected chi connectivity index (χ2v) is 8.20. The van der Waals surface area contributed by atoms with E-state index in [1.54, 1.807) is 26.0 Å². The van der Waals surface area contributed by atoms with Gasteiger partial charge in [-0.2, -0.15) is 8.70 Å². The molecule has 0 fully saturated rings. The summed E-state index contributed by atoms with van der Waals surface area (Å²) in [7, 11) is -3.68. The quantitative estimate of drug-likeness (QED) is 0.627. The molecule has 0 saturated heterocycles. The van der Waals surface area contributed by atoms with Crippen LogP contribution in [0.15, 0.2) is 41.4 Å². The predicted molar refractivity (Wildman–Crippen MR) is 112 cm³/mol. The highest BCUT2D eigenvalue weighted by molar-refractivity contribution is 7.89. The van der Waals surface area contributed by atoms with Gasteiger partial charge >= 0.3 is 0 Å². The van der Waals surface area contributed by atoms with Crippen molar-refractivity contribution in [2.24, 2.45) is 0 Å². The number of hydrogen-bond donors (Lipinski definition) is 1. The fourth-order valence-corrected chi connectivity index (χ4v) is 4.52. The van der Waals surface area contributed by atoms with Gasteiger partial charge in [-0.1, -0.05) is 13.8 Å². The largest absolute Gasteiger partial charge is 0.370 e. The first-order valence-corrected chi connectivity index (χ1v) is 11.0. The predicted octanol–water partition coefficient (Wildman–Crippen LogP) is 3.35. The van der Waals surface area contributed by atoms with Gasteiger partial charge in [-0.05, 0) is 44.2 Å². The number of halogens is 1. The number of nitrogens with one attached hydrogen (secondary N) is 1. The SMILES string of the molecule is CCN(CC)c1ccc(S(=O)(=O)N(CC)CC)cc1NC(=O)c1ccc(F)nc1. The Morgan fingerprint density at radius 2 is 1.69 bits per heavy atom. The highest BCUT2D eigenvalue weighted by Crippen LogP contribution is 2.30. The van der Waals surface area contributed by atoms with Crippen molar-refractivity contribution in [3.63, 3.8) is 0 Å². The number of amides is 1. The van der Waals surface area contributed by atoms with Crippen LogP contribution in [0.2, 0.25) is 0 Å². The van der Waals surface area contributed by atoms with E-state index >= 15 is 0 Å². The Labute approximate surface area is 171 Å². The van der Waals surface area contributed by atoms with Crippen LogP contribution in [0.1, 0.15) is 38.1 Å². The van der Waals surface area contributed by atoms with Gasteiger partial charge in [0.25, 0.3) is 5.91 Å². The molecule has 0 aliphatic rings. The van der Waals surface area contributed by atoms with Crippen LogP contribution >= 0.6 is 0 Å². The summed E-state index contributed by atoms with van der Waals surface area (Å²) >= 11 is 0. The van der Waals surface area contributed by atoms with E-state index in [0.717, 1.165) is 12.3 Å². The van der Waals surface area contributed by atoms with E-state index in [9.17, 15) is 17.6 Å². The molecule has 0 radical (unpaired) electrons. The third-order valence-corrected chi connectivity index (χ3v) is 6.70. The number of hydrogen-bond acceptors (Lipinski definition) is 5. The van der Waals surface area contributed by atoms with Crippen molar-refractivity contribution in [1.82, 2.24) is 9.29 Å². The lowest BCUT2D eigenvalue weighted by Gasteiger charge is -2.26. The Morgan fingerprint density at radius 3 is 2.21 bits per heavy atom. The Hall–Kier alpha value is -2.52. The lowest BCUT2D eigenvalue weighted by Crippen LogP contribution is -2.31. The Balaban J connectivity index is 2.50. The molecule has 2 rings (SSSR count). The molecule has 1 aromatic carbocycles. The number of sulfonamides is 1. The lowest BCUT2D eigenvalue weighted by molar-refractivity contribution is 0.102. The second-order valence-electron chi connectivity index (χ2n) is 6.26. The van der Waals surface area contributed by atoms with Crippen molar-refractivity contribution in [2.45, 2.75) is 32.6 Å². The molecule has 7 nitrogen and oxygen atoms in total. The van der Waals surface area contributed by atoms with Gasteiger partial charge in [-0.15, -0.1) is 0 Å². The topological polar surface area (TPSA) is 82.6 Å². The van der Waals surface area contributed by atoms with Gasteiger partial charge in [0.1, 0.15) is 0 Å². The molecule has 158 valence electrons. The number of rotatable bonds is 9. The van der Waals surface area contributed by atoms with Gasteiger partial charge in [0.15, 0.2) is 0 Å². The number of benzene rings is 1. The van der Waals surface area contributed by atoms with E-state index in [4.69, 9.17) is 0 Å². The first-order chi connectivity index (χ1) is 13.8. The molecule has 0 spiro atoms. The number of carbonyl (C=O) groups excluding carboxylic acids is 1. The summed E-state index contributed by atoms with van der Waals surface area (Å²) in [6.07, 6.45) is 1.14. The smallest absolute Gasteiger partial charge is 0.257 e. The summed E-state index contributed by atoms with van der Waals surface area (Å²) < 4.78 is 40.2. The molecule has 2 aromatic rings. The van der Waals surface area contributed by atoms with E-state index < -0.39 is 21.9 Å². The molecule has 0 aliphatic carbocycles. The van der Waals surface area contributed by atoms with Gasteiger partial charge in [0.2, 0.25) is 16.0 Å². The summed E-state index contributed by atoms with van der Waals surface area (Å²) in [6.45, 7) is 9.54.